The maximum absolute atomic E-state index is 12.8. The van der Waals surface area contributed by atoms with Crippen molar-refractivity contribution < 1.29 is 13.2 Å². The molecule has 1 aliphatic rings. The third kappa shape index (κ3) is 4.45. The van der Waals surface area contributed by atoms with Gasteiger partial charge in [0.25, 0.3) is 0 Å². The highest BCUT2D eigenvalue weighted by molar-refractivity contribution is 7.88. The highest BCUT2D eigenvalue weighted by Gasteiger charge is 2.42. The third-order valence-corrected chi connectivity index (χ3v) is 6.38. The maximum atomic E-state index is 12.8. The average Bonchev–Trinajstić information content (AvgIpc) is 2.68. The van der Waals surface area contributed by atoms with Crippen LogP contribution in [0.5, 0.6) is 0 Å². The van der Waals surface area contributed by atoms with Crippen LogP contribution in [0, 0.1) is 0 Å². The SMILES string of the molecule is CS(=O)(=O)NCCc1cccc(-c2ccccc2)c1C1(C(N)=O)CCCCC1. The number of sulfonamides is 1. The summed E-state index contributed by atoms with van der Waals surface area (Å²) < 4.78 is 25.5. The molecule has 1 fully saturated rings. The Kier molecular flexibility index (Phi) is 6.20. The topological polar surface area (TPSA) is 89.3 Å². The van der Waals surface area contributed by atoms with Crippen molar-refractivity contribution in [2.45, 2.75) is 43.9 Å². The van der Waals surface area contributed by atoms with E-state index in [0.29, 0.717) is 13.0 Å². The lowest BCUT2D eigenvalue weighted by Crippen LogP contribution is -2.44. The fourth-order valence-electron chi connectivity index (χ4n) is 4.38. The molecule has 3 rings (SSSR count). The summed E-state index contributed by atoms with van der Waals surface area (Å²) in [6.45, 7) is 0.291. The second-order valence-corrected chi connectivity index (χ2v) is 9.46. The van der Waals surface area contributed by atoms with E-state index in [2.05, 4.69) is 4.72 Å². The Morgan fingerprint density at radius 3 is 2.32 bits per heavy atom. The molecule has 5 nitrogen and oxygen atoms in total. The zero-order chi connectivity index (χ0) is 20.2. The van der Waals surface area contributed by atoms with E-state index in [9.17, 15) is 13.2 Å². The zero-order valence-electron chi connectivity index (χ0n) is 16.3. The molecule has 0 spiro atoms. The lowest BCUT2D eigenvalue weighted by Gasteiger charge is -2.38. The third-order valence-electron chi connectivity index (χ3n) is 5.65. The van der Waals surface area contributed by atoms with Crippen LogP contribution in [0.15, 0.2) is 48.5 Å². The van der Waals surface area contributed by atoms with Crippen LogP contribution in [-0.4, -0.2) is 27.1 Å². The van der Waals surface area contributed by atoms with E-state index in [1.54, 1.807) is 0 Å². The van der Waals surface area contributed by atoms with E-state index in [-0.39, 0.29) is 5.91 Å². The van der Waals surface area contributed by atoms with Gasteiger partial charge in [-0.3, -0.25) is 4.79 Å². The smallest absolute Gasteiger partial charge is 0.228 e. The summed E-state index contributed by atoms with van der Waals surface area (Å²) in [5.41, 5.74) is 9.31. The molecule has 0 saturated heterocycles. The summed E-state index contributed by atoms with van der Waals surface area (Å²) in [6, 6.07) is 16.0. The molecule has 28 heavy (non-hydrogen) atoms. The Balaban J connectivity index is 2.13. The number of nitrogens with one attached hydrogen (secondary N) is 1. The van der Waals surface area contributed by atoms with Gasteiger partial charge in [-0.25, -0.2) is 13.1 Å². The number of hydrogen-bond donors (Lipinski definition) is 2. The first-order valence-corrected chi connectivity index (χ1v) is 11.6. The van der Waals surface area contributed by atoms with Gasteiger partial charge in [0.05, 0.1) is 11.7 Å². The fourth-order valence-corrected chi connectivity index (χ4v) is 4.85. The normalized spacial score (nSPS) is 16.6. The number of benzene rings is 2. The minimum absolute atomic E-state index is 0.284. The highest BCUT2D eigenvalue weighted by atomic mass is 32.2. The first kappa shape index (κ1) is 20.6. The first-order valence-electron chi connectivity index (χ1n) is 9.76. The van der Waals surface area contributed by atoms with E-state index in [4.69, 9.17) is 5.73 Å². The monoisotopic (exact) mass is 400 g/mol. The summed E-state index contributed by atoms with van der Waals surface area (Å²) in [4.78, 5) is 12.8. The van der Waals surface area contributed by atoms with E-state index >= 15 is 0 Å². The zero-order valence-corrected chi connectivity index (χ0v) is 17.1. The summed E-state index contributed by atoms with van der Waals surface area (Å²) in [7, 11) is -3.27. The number of rotatable bonds is 7. The molecule has 0 aromatic heterocycles. The van der Waals surface area contributed by atoms with E-state index in [1.165, 1.54) is 0 Å². The number of primary amides is 1. The molecule has 1 amide bonds. The molecule has 3 N–H and O–H groups in total. The molecular formula is C22H28N2O3S. The molecule has 1 saturated carbocycles. The maximum Gasteiger partial charge on any atom is 0.228 e. The standard InChI is InChI=1S/C22H28N2O3S/c1-28(26,27)24-16-13-18-11-8-12-19(17-9-4-2-5-10-17)20(18)22(21(23)25)14-6-3-7-15-22/h2,4-5,8-12,24H,3,6-7,13-16H2,1H3,(H2,23,25). The summed E-state index contributed by atoms with van der Waals surface area (Å²) in [6.07, 6.45) is 6.17. The molecule has 6 heteroatoms. The molecule has 150 valence electrons. The van der Waals surface area contributed by atoms with Crippen LogP contribution in [0.25, 0.3) is 11.1 Å². The largest absolute Gasteiger partial charge is 0.369 e. The van der Waals surface area contributed by atoms with E-state index < -0.39 is 15.4 Å². The Bertz CT molecular complexity index is 934. The van der Waals surface area contributed by atoms with Gasteiger partial charge in [-0.15, -0.1) is 0 Å². The van der Waals surface area contributed by atoms with E-state index in [1.807, 2.05) is 48.5 Å². The predicted octanol–water partition coefficient (Wildman–Crippen LogP) is 3.13. The number of carbonyl (C=O) groups is 1. The van der Waals surface area contributed by atoms with Crippen LogP contribution in [0.2, 0.25) is 0 Å². The number of amides is 1. The quantitative estimate of drug-likeness (QED) is 0.748. The number of hydrogen-bond acceptors (Lipinski definition) is 3. The van der Waals surface area contributed by atoms with Gasteiger partial charge >= 0.3 is 0 Å². The van der Waals surface area contributed by atoms with Crippen molar-refractivity contribution in [2.75, 3.05) is 12.8 Å². The first-order chi connectivity index (χ1) is 13.3. The van der Waals surface area contributed by atoms with Gasteiger partial charge in [0.1, 0.15) is 0 Å². The van der Waals surface area contributed by atoms with Crippen molar-refractivity contribution in [3.63, 3.8) is 0 Å². The van der Waals surface area contributed by atoms with Crippen LogP contribution in [0.3, 0.4) is 0 Å². The second-order valence-electron chi connectivity index (χ2n) is 7.63. The van der Waals surface area contributed by atoms with Gasteiger partial charge in [-0.1, -0.05) is 67.8 Å². The Hall–Kier alpha value is -2.18. The van der Waals surface area contributed by atoms with Crippen LogP contribution in [-0.2, 0) is 26.7 Å². The Morgan fingerprint density at radius 1 is 1.04 bits per heavy atom. The minimum Gasteiger partial charge on any atom is -0.369 e. The van der Waals surface area contributed by atoms with Crippen molar-refractivity contribution >= 4 is 15.9 Å². The van der Waals surface area contributed by atoms with Crippen molar-refractivity contribution in [1.82, 2.24) is 4.72 Å². The van der Waals surface area contributed by atoms with Crippen LogP contribution in [0.1, 0.15) is 43.2 Å². The molecule has 1 aliphatic carbocycles. The van der Waals surface area contributed by atoms with Gasteiger partial charge in [-0.2, -0.15) is 0 Å². The molecule has 0 aliphatic heterocycles. The summed E-state index contributed by atoms with van der Waals surface area (Å²) in [5.74, 6) is -0.284. The van der Waals surface area contributed by atoms with Gasteiger partial charge in [0, 0.05) is 6.54 Å². The van der Waals surface area contributed by atoms with Gasteiger partial charge in [0.15, 0.2) is 0 Å². The molecule has 0 radical (unpaired) electrons. The number of nitrogens with two attached hydrogens (primary N) is 1. The molecule has 2 aromatic rings. The molecule has 0 bridgehead atoms. The molecular weight excluding hydrogens is 372 g/mol. The van der Waals surface area contributed by atoms with Crippen molar-refractivity contribution in [1.29, 1.82) is 0 Å². The lowest BCUT2D eigenvalue weighted by atomic mass is 9.65. The predicted molar refractivity (Wildman–Crippen MR) is 112 cm³/mol. The lowest BCUT2D eigenvalue weighted by molar-refractivity contribution is -0.124. The number of carbonyl (C=O) groups excluding carboxylic acids is 1. The van der Waals surface area contributed by atoms with Gasteiger partial charge in [0.2, 0.25) is 15.9 Å². The average molecular weight is 401 g/mol. The summed E-state index contributed by atoms with van der Waals surface area (Å²) in [5, 5.41) is 0. The molecule has 2 aromatic carbocycles. The second kappa shape index (κ2) is 8.45. The molecule has 0 atom stereocenters. The van der Waals surface area contributed by atoms with E-state index in [0.717, 1.165) is 60.6 Å². The highest BCUT2D eigenvalue weighted by Crippen LogP contribution is 2.45. The Labute approximate surface area is 167 Å². The minimum atomic E-state index is -3.27. The van der Waals surface area contributed by atoms with Crippen LogP contribution < -0.4 is 10.5 Å². The molecule has 0 heterocycles. The Morgan fingerprint density at radius 2 is 1.71 bits per heavy atom. The van der Waals surface area contributed by atoms with Gasteiger partial charge in [-0.05, 0) is 41.5 Å². The van der Waals surface area contributed by atoms with Crippen molar-refractivity contribution in [3.8, 4) is 11.1 Å². The van der Waals surface area contributed by atoms with Crippen LogP contribution in [0.4, 0.5) is 0 Å². The van der Waals surface area contributed by atoms with Crippen molar-refractivity contribution in [3.05, 3.63) is 59.7 Å². The summed E-state index contributed by atoms with van der Waals surface area (Å²) >= 11 is 0. The van der Waals surface area contributed by atoms with Crippen LogP contribution >= 0.6 is 0 Å². The fraction of sp³-hybridized carbons (Fsp3) is 0.409. The van der Waals surface area contributed by atoms with Crippen molar-refractivity contribution in [2.24, 2.45) is 5.73 Å². The molecule has 0 unspecified atom stereocenters. The van der Waals surface area contributed by atoms with Gasteiger partial charge < -0.3 is 5.73 Å².